The van der Waals surface area contributed by atoms with Crippen LogP contribution in [0.4, 0.5) is 14.6 Å². The zero-order chi connectivity index (χ0) is 11.6. The molecule has 0 N–H and O–H groups in total. The van der Waals surface area contributed by atoms with Gasteiger partial charge >= 0.3 is 5.82 Å². The second kappa shape index (κ2) is 4.64. The van der Waals surface area contributed by atoms with E-state index in [0.29, 0.717) is 0 Å². The highest BCUT2D eigenvalue weighted by molar-refractivity contribution is 14.1. The highest BCUT2D eigenvalue weighted by Crippen LogP contribution is 2.36. The third-order valence-electron chi connectivity index (χ3n) is 1.61. The Bertz CT molecular complexity index is 400. The summed E-state index contributed by atoms with van der Waals surface area (Å²) in [6, 6.07) is 0. The predicted molar refractivity (Wildman–Crippen MR) is 55.1 cm³/mol. The number of methoxy groups -OCH3 is 1. The van der Waals surface area contributed by atoms with Gasteiger partial charge in [0.15, 0.2) is 11.9 Å². The van der Waals surface area contributed by atoms with Gasteiger partial charge in [-0.3, -0.25) is 0 Å². The lowest BCUT2D eigenvalue weighted by atomic mass is 10.2. The number of halogens is 3. The van der Waals surface area contributed by atoms with Crippen LogP contribution in [-0.2, 0) is 0 Å². The molecule has 0 amide bonds. The van der Waals surface area contributed by atoms with Crippen LogP contribution in [0.1, 0.15) is 12.0 Å². The molecule has 0 aromatic carbocycles. The highest BCUT2D eigenvalue weighted by atomic mass is 127. The molecule has 0 atom stereocenters. The Morgan fingerprint density at radius 3 is 2.67 bits per heavy atom. The van der Waals surface area contributed by atoms with Crippen LogP contribution in [0.2, 0.25) is 0 Å². The van der Waals surface area contributed by atoms with Gasteiger partial charge in [-0.25, -0.2) is 8.78 Å². The Balaban J connectivity index is 3.42. The Kier molecular flexibility index (Phi) is 3.72. The largest absolute Gasteiger partial charge is 0.492 e. The first kappa shape index (κ1) is 12.0. The first-order valence-electron chi connectivity index (χ1n) is 3.64. The van der Waals surface area contributed by atoms with Gasteiger partial charge in [0.25, 0.3) is 6.43 Å². The lowest BCUT2D eigenvalue weighted by molar-refractivity contribution is -0.390. The van der Waals surface area contributed by atoms with Gasteiger partial charge in [0, 0.05) is 0 Å². The van der Waals surface area contributed by atoms with Crippen LogP contribution in [0.5, 0.6) is 5.75 Å². The number of aromatic nitrogens is 1. The third kappa shape index (κ3) is 2.30. The van der Waals surface area contributed by atoms with Crippen LogP contribution < -0.4 is 4.74 Å². The third-order valence-corrected chi connectivity index (χ3v) is 2.68. The Morgan fingerprint density at radius 1 is 1.67 bits per heavy atom. The fourth-order valence-corrected chi connectivity index (χ4v) is 1.81. The van der Waals surface area contributed by atoms with Crippen molar-refractivity contribution in [2.45, 2.75) is 6.43 Å². The van der Waals surface area contributed by atoms with Crippen molar-refractivity contribution in [3.63, 3.8) is 0 Å². The number of hydrogen-bond donors (Lipinski definition) is 0. The van der Waals surface area contributed by atoms with Gasteiger partial charge in [0.1, 0.15) is 3.57 Å². The number of alkyl halides is 2. The summed E-state index contributed by atoms with van der Waals surface area (Å²) < 4.78 is 29.6. The van der Waals surface area contributed by atoms with Gasteiger partial charge in [0.05, 0.1) is 12.7 Å². The van der Waals surface area contributed by atoms with E-state index in [9.17, 15) is 18.9 Å². The van der Waals surface area contributed by atoms with E-state index < -0.39 is 22.7 Å². The SMILES string of the molecule is COc1cnc([N+](=O)[O-])c(I)c1C(F)F. The van der Waals surface area contributed by atoms with Crippen LogP contribution in [0.25, 0.3) is 0 Å². The van der Waals surface area contributed by atoms with Crippen molar-refractivity contribution < 1.29 is 18.4 Å². The molecule has 1 heterocycles. The van der Waals surface area contributed by atoms with E-state index in [0.717, 1.165) is 6.20 Å². The number of rotatable bonds is 3. The molecule has 0 bridgehead atoms. The van der Waals surface area contributed by atoms with Crippen LogP contribution in [0.3, 0.4) is 0 Å². The fourth-order valence-electron chi connectivity index (χ4n) is 0.968. The summed E-state index contributed by atoms with van der Waals surface area (Å²) in [5.74, 6) is -0.744. The van der Waals surface area contributed by atoms with Gasteiger partial charge in [-0.15, -0.1) is 0 Å². The molecule has 8 heteroatoms. The minimum atomic E-state index is -2.84. The van der Waals surface area contributed by atoms with Crippen LogP contribution in [0, 0.1) is 13.7 Å². The summed E-state index contributed by atoms with van der Waals surface area (Å²) >= 11 is 1.46. The topological polar surface area (TPSA) is 65.3 Å². The molecule has 0 aliphatic heterocycles. The first-order valence-corrected chi connectivity index (χ1v) is 4.71. The molecule has 5 nitrogen and oxygen atoms in total. The maximum absolute atomic E-state index is 12.6. The maximum Gasteiger partial charge on any atom is 0.377 e. The Labute approximate surface area is 96.7 Å². The molecule has 0 unspecified atom stereocenters. The summed E-state index contributed by atoms with van der Waals surface area (Å²) in [5, 5.41) is 10.4. The van der Waals surface area contributed by atoms with Crippen molar-refractivity contribution in [2.24, 2.45) is 0 Å². The van der Waals surface area contributed by atoms with Gasteiger partial charge in [-0.1, -0.05) is 0 Å². The van der Waals surface area contributed by atoms with E-state index in [1.807, 2.05) is 0 Å². The zero-order valence-corrected chi connectivity index (χ0v) is 9.57. The van der Waals surface area contributed by atoms with Crippen molar-refractivity contribution in [1.29, 1.82) is 0 Å². The van der Waals surface area contributed by atoms with E-state index in [1.54, 1.807) is 0 Å². The monoisotopic (exact) mass is 330 g/mol. The number of nitro groups is 1. The normalized spacial score (nSPS) is 10.5. The molecular formula is C7H5F2IN2O3. The van der Waals surface area contributed by atoms with Crippen molar-refractivity contribution >= 4 is 28.4 Å². The summed E-state index contributed by atoms with van der Waals surface area (Å²) in [6.45, 7) is 0. The summed E-state index contributed by atoms with van der Waals surface area (Å²) in [5.41, 5.74) is -0.500. The van der Waals surface area contributed by atoms with Gasteiger partial charge < -0.3 is 14.9 Å². The smallest absolute Gasteiger partial charge is 0.377 e. The van der Waals surface area contributed by atoms with Gasteiger partial charge in [-0.2, -0.15) is 0 Å². The molecule has 0 saturated carbocycles. The molecule has 0 aliphatic carbocycles. The maximum atomic E-state index is 12.6. The second-order valence-corrected chi connectivity index (χ2v) is 3.51. The van der Waals surface area contributed by atoms with E-state index in [2.05, 4.69) is 9.72 Å². The molecule has 0 spiro atoms. The van der Waals surface area contributed by atoms with Crippen LogP contribution in [0.15, 0.2) is 6.20 Å². The summed E-state index contributed by atoms with van der Waals surface area (Å²) in [6.07, 6.45) is -1.92. The second-order valence-electron chi connectivity index (χ2n) is 2.44. The lowest BCUT2D eigenvalue weighted by Gasteiger charge is -2.07. The first-order chi connectivity index (χ1) is 6.99. The molecule has 0 saturated heterocycles. The number of nitrogens with zero attached hydrogens (tertiary/aromatic N) is 2. The number of pyridine rings is 1. The van der Waals surface area contributed by atoms with Crippen molar-refractivity contribution in [2.75, 3.05) is 7.11 Å². The number of hydrogen-bond acceptors (Lipinski definition) is 4. The molecule has 82 valence electrons. The molecule has 1 aromatic heterocycles. The van der Waals surface area contributed by atoms with E-state index in [-0.39, 0.29) is 9.32 Å². The van der Waals surface area contributed by atoms with E-state index >= 15 is 0 Å². The van der Waals surface area contributed by atoms with Crippen LogP contribution in [-0.4, -0.2) is 17.0 Å². The van der Waals surface area contributed by atoms with Crippen molar-refractivity contribution in [3.05, 3.63) is 25.4 Å². The Hall–Kier alpha value is -1.06. The number of ether oxygens (including phenoxy) is 1. The quantitative estimate of drug-likeness (QED) is 0.485. The average molecular weight is 330 g/mol. The van der Waals surface area contributed by atoms with E-state index in [4.69, 9.17) is 0 Å². The molecule has 1 aromatic rings. The summed E-state index contributed by atoms with van der Waals surface area (Å²) in [7, 11) is 1.20. The zero-order valence-electron chi connectivity index (χ0n) is 7.41. The molecule has 0 aliphatic rings. The van der Waals surface area contributed by atoms with Crippen molar-refractivity contribution in [3.8, 4) is 5.75 Å². The van der Waals surface area contributed by atoms with Crippen molar-refractivity contribution in [1.82, 2.24) is 4.98 Å². The predicted octanol–water partition coefficient (Wildman–Crippen LogP) is 2.54. The van der Waals surface area contributed by atoms with Crippen LogP contribution >= 0.6 is 22.6 Å². The highest BCUT2D eigenvalue weighted by Gasteiger charge is 2.27. The molecule has 15 heavy (non-hydrogen) atoms. The minimum absolute atomic E-state index is 0.153. The van der Waals surface area contributed by atoms with Gasteiger partial charge in [0.2, 0.25) is 0 Å². The standard InChI is InChI=1S/C7H5F2IN2O3/c1-15-3-2-11-7(12(13)14)5(10)4(3)6(8)9/h2,6H,1H3. The minimum Gasteiger partial charge on any atom is -0.492 e. The van der Waals surface area contributed by atoms with Gasteiger partial charge in [-0.05, 0) is 32.5 Å². The molecule has 0 fully saturated rings. The molecule has 1 rings (SSSR count). The summed E-state index contributed by atoms with van der Waals surface area (Å²) in [4.78, 5) is 13.1. The van der Waals surface area contributed by atoms with E-state index in [1.165, 1.54) is 29.7 Å². The molecule has 0 radical (unpaired) electrons. The average Bonchev–Trinajstić information content (AvgIpc) is 2.15. The lowest BCUT2D eigenvalue weighted by Crippen LogP contribution is -2.02. The Morgan fingerprint density at radius 2 is 2.27 bits per heavy atom. The molecular weight excluding hydrogens is 325 g/mol. The fraction of sp³-hybridized carbons (Fsp3) is 0.286.